The van der Waals surface area contributed by atoms with Crippen molar-refractivity contribution < 1.29 is 23.7 Å². The molecule has 0 saturated carbocycles. The average Bonchev–Trinajstić information content (AvgIpc) is 2.61. The summed E-state index contributed by atoms with van der Waals surface area (Å²) in [6, 6.07) is 9.91. The Morgan fingerprint density at radius 3 is 1.75 bits per heavy atom. The minimum atomic E-state index is -0.394. The van der Waals surface area contributed by atoms with Gasteiger partial charge >= 0.3 is 6.03 Å². The molecule has 2 aromatic carbocycles. The van der Waals surface area contributed by atoms with E-state index in [0.717, 1.165) is 0 Å². The van der Waals surface area contributed by atoms with Crippen LogP contribution in [0.1, 0.15) is 0 Å². The molecule has 0 aromatic heterocycles. The van der Waals surface area contributed by atoms with Gasteiger partial charge in [-0.15, -0.1) is 0 Å². The second-order valence-electron chi connectivity index (χ2n) is 4.72. The Kier molecular flexibility index (Phi) is 5.73. The first-order chi connectivity index (χ1) is 11.6. The van der Waals surface area contributed by atoms with Crippen molar-refractivity contribution in [2.75, 3.05) is 39.1 Å². The zero-order valence-electron chi connectivity index (χ0n) is 14.0. The molecule has 0 heterocycles. The SMILES string of the molecule is COc1ccc(NC(=O)Nc2cc(OC)c(OC)c(OC)c2)cc1. The lowest BCUT2D eigenvalue weighted by Gasteiger charge is -2.15. The van der Waals surface area contributed by atoms with Crippen LogP contribution in [0.5, 0.6) is 23.0 Å². The molecule has 7 heteroatoms. The summed E-state index contributed by atoms with van der Waals surface area (Å²) in [6.07, 6.45) is 0. The molecule has 2 aromatic rings. The Morgan fingerprint density at radius 1 is 0.750 bits per heavy atom. The Hall–Kier alpha value is -3.09. The number of nitrogens with one attached hydrogen (secondary N) is 2. The fraction of sp³-hybridized carbons (Fsp3) is 0.235. The van der Waals surface area contributed by atoms with Crippen molar-refractivity contribution >= 4 is 17.4 Å². The summed E-state index contributed by atoms with van der Waals surface area (Å²) in [4.78, 5) is 12.1. The molecular formula is C17H20N2O5. The highest BCUT2D eigenvalue weighted by atomic mass is 16.5. The molecular weight excluding hydrogens is 312 g/mol. The van der Waals surface area contributed by atoms with Crippen LogP contribution >= 0.6 is 0 Å². The fourth-order valence-corrected chi connectivity index (χ4v) is 2.12. The van der Waals surface area contributed by atoms with Crippen molar-refractivity contribution in [3.05, 3.63) is 36.4 Å². The number of amides is 2. The number of urea groups is 1. The monoisotopic (exact) mass is 332 g/mol. The molecule has 2 amide bonds. The summed E-state index contributed by atoms with van der Waals surface area (Å²) >= 11 is 0. The maximum Gasteiger partial charge on any atom is 0.323 e. The van der Waals surface area contributed by atoms with Crippen molar-refractivity contribution in [1.82, 2.24) is 0 Å². The molecule has 0 spiro atoms. The third kappa shape index (κ3) is 4.01. The third-order valence-electron chi connectivity index (χ3n) is 3.27. The van der Waals surface area contributed by atoms with Crippen LogP contribution in [-0.2, 0) is 0 Å². The van der Waals surface area contributed by atoms with Crippen LogP contribution in [0.25, 0.3) is 0 Å². The lowest BCUT2D eigenvalue weighted by molar-refractivity contribution is 0.262. The fourth-order valence-electron chi connectivity index (χ4n) is 2.12. The normalized spacial score (nSPS) is 9.83. The highest BCUT2D eigenvalue weighted by Gasteiger charge is 2.14. The zero-order valence-corrected chi connectivity index (χ0v) is 14.0. The topological polar surface area (TPSA) is 78.1 Å². The molecule has 2 rings (SSSR count). The zero-order chi connectivity index (χ0) is 17.5. The van der Waals surface area contributed by atoms with Crippen LogP contribution in [0.4, 0.5) is 16.2 Å². The van der Waals surface area contributed by atoms with E-state index in [2.05, 4.69) is 10.6 Å². The van der Waals surface area contributed by atoms with Crippen molar-refractivity contribution in [3.8, 4) is 23.0 Å². The Balaban J connectivity index is 2.12. The van der Waals surface area contributed by atoms with Crippen LogP contribution in [0.2, 0.25) is 0 Å². The van der Waals surface area contributed by atoms with Gasteiger partial charge in [0.25, 0.3) is 0 Å². The summed E-state index contributed by atoms with van der Waals surface area (Å²) in [6.45, 7) is 0. The molecule has 0 aliphatic carbocycles. The van der Waals surface area contributed by atoms with Crippen LogP contribution in [0.15, 0.2) is 36.4 Å². The Bertz CT molecular complexity index is 676. The second-order valence-corrected chi connectivity index (χ2v) is 4.72. The largest absolute Gasteiger partial charge is 0.497 e. The minimum Gasteiger partial charge on any atom is -0.497 e. The first kappa shape index (κ1) is 17.3. The van der Waals surface area contributed by atoms with Gasteiger partial charge < -0.3 is 29.6 Å². The van der Waals surface area contributed by atoms with Crippen molar-refractivity contribution in [2.24, 2.45) is 0 Å². The van der Waals surface area contributed by atoms with E-state index in [0.29, 0.717) is 34.4 Å². The molecule has 0 bridgehead atoms. The first-order valence-electron chi connectivity index (χ1n) is 7.13. The van der Waals surface area contributed by atoms with E-state index in [1.165, 1.54) is 21.3 Å². The van der Waals surface area contributed by atoms with E-state index in [4.69, 9.17) is 18.9 Å². The van der Waals surface area contributed by atoms with Gasteiger partial charge in [-0.2, -0.15) is 0 Å². The minimum absolute atomic E-state index is 0.394. The number of hydrogen-bond acceptors (Lipinski definition) is 5. The molecule has 0 aliphatic rings. The summed E-state index contributed by atoms with van der Waals surface area (Å²) in [5, 5.41) is 5.45. The van der Waals surface area contributed by atoms with Crippen molar-refractivity contribution in [2.45, 2.75) is 0 Å². The average molecular weight is 332 g/mol. The second kappa shape index (κ2) is 7.96. The van der Waals surface area contributed by atoms with Gasteiger partial charge in [-0.3, -0.25) is 0 Å². The molecule has 7 nitrogen and oxygen atoms in total. The number of carbonyl (C=O) groups excluding carboxylic acids is 1. The number of rotatable bonds is 6. The summed E-state index contributed by atoms with van der Waals surface area (Å²) in [5.74, 6) is 2.08. The van der Waals surface area contributed by atoms with Gasteiger partial charge in [0.15, 0.2) is 11.5 Å². The highest BCUT2D eigenvalue weighted by Crippen LogP contribution is 2.39. The predicted octanol–water partition coefficient (Wildman–Crippen LogP) is 3.37. The summed E-state index contributed by atoms with van der Waals surface area (Å²) < 4.78 is 20.8. The molecule has 0 atom stereocenters. The van der Waals surface area contributed by atoms with Crippen LogP contribution in [-0.4, -0.2) is 34.5 Å². The van der Waals surface area contributed by atoms with E-state index >= 15 is 0 Å². The number of ether oxygens (including phenoxy) is 4. The maximum atomic E-state index is 12.1. The Morgan fingerprint density at radius 2 is 1.29 bits per heavy atom. The van der Waals surface area contributed by atoms with Crippen LogP contribution in [0, 0.1) is 0 Å². The number of methoxy groups -OCH3 is 4. The number of carbonyl (C=O) groups is 1. The van der Waals surface area contributed by atoms with Crippen molar-refractivity contribution in [1.29, 1.82) is 0 Å². The van der Waals surface area contributed by atoms with Crippen LogP contribution < -0.4 is 29.6 Å². The molecule has 0 saturated heterocycles. The summed E-state index contributed by atoms with van der Waals surface area (Å²) in [5.41, 5.74) is 1.15. The lowest BCUT2D eigenvalue weighted by atomic mass is 10.2. The quantitative estimate of drug-likeness (QED) is 0.848. The van der Waals surface area contributed by atoms with Gasteiger partial charge in [-0.1, -0.05) is 0 Å². The molecule has 0 radical (unpaired) electrons. The number of hydrogen-bond donors (Lipinski definition) is 2. The lowest BCUT2D eigenvalue weighted by Crippen LogP contribution is -2.19. The number of benzene rings is 2. The van der Waals surface area contributed by atoms with Gasteiger partial charge in [0.05, 0.1) is 34.1 Å². The molecule has 24 heavy (non-hydrogen) atoms. The van der Waals surface area contributed by atoms with Gasteiger partial charge in [-0.25, -0.2) is 4.79 Å². The van der Waals surface area contributed by atoms with Gasteiger partial charge in [0.1, 0.15) is 5.75 Å². The van der Waals surface area contributed by atoms with Gasteiger partial charge in [0.2, 0.25) is 5.75 Å². The van der Waals surface area contributed by atoms with E-state index < -0.39 is 6.03 Å². The third-order valence-corrected chi connectivity index (χ3v) is 3.27. The molecule has 0 fully saturated rings. The maximum absolute atomic E-state index is 12.1. The molecule has 0 unspecified atom stereocenters. The van der Waals surface area contributed by atoms with Crippen LogP contribution in [0.3, 0.4) is 0 Å². The Labute approximate surface area is 140 Å². The van der Waals surface area contributed by atoms with Crippen molar-refractivity contribution in [3.63, 3.8) is 0 Å². The van der Waals surface area contributed by atoms with E-state index in [9.17, 15) is 4.79 Å². The molecule has 0 aliphatic heterocycles. The number of anilines is 2. The summed E-state index contributed by atoms with van der Waals surface area (Å²) in [7, 11) is 6.13. The highest BCUT2D eigenvalue weighted by molar-refractivity contribution is 6.00. The van der Waals surface area contributed by atoms with E-state index in [-0.39, 0.29) is 0 Å². The predicted molar refractivity (Wildman–Crippen MR) is 91.7 cm³/mol. The standard InChI is InChI=1S/C17H20N2O5/c1-21-13-7-5-11(6-8-13)18-17(20)19-12-9-14(22-2)16(24-4)15(10-12)23-3/h5-10H,1-4H3,(H2,18,19,20). The first-order valence-corrected chi connectivity index (χ1v) is 7.13. The van der Waals surface area contributed by atoms with Gasteiger partial charge in [0, 0.05) is 17.8 Å². The van der Waals surface area contributed by atoms with E-state index in [1.807, 2.05) is 0 Å². The molecule has 128 valence electrons. The smallest absolute Gasteiger partial charge is 0.323 e. The van der Waals surface area contributed by atoms with Gasteiger partial charge in [-0.05, 0) is 24.3 Å². The molecule has 2 N–H and O–H groups in total. The van der Waals surface area contributed by atoms with E-state index in [1.54, 1.807) is 43.5 Å².